The second kappa shape index (κ2) is 8.06. The second-order valence-corrected chi connectivity index (χ2v) is 6.52. The molecule has 0 heterocycles. The number of methoxy groups -OCH3 is 1. The molecule has 1 amide bonds. The summed E-state index contributed by atoms with van der Waals surface area (Å²) in [4.78, 5) is 13.8. The molecule has 0 aromatic heterocycles. The SMILES string of the molecule is CCC(Oc1cc(OC)cc(-c2cc(C)cc(C)c2)c1)C(=O)N(C)C. The number of hydrogen-bond donors (Lipinski definition) is 0. The van der Waals surface area contributed by atoms with Gasteiger partial charge in [-0.2, -0.15) is 0 Å². The predicted octanol–water partition coefficient (Wildman–Crippen LogP) is 4.22. The van der Waals surface area contributed by atoms with E-state index in [0.717, 1.165) is 11.1 Å². The summed E-state index contributed by atoms with van der Waals surface area (Å²) in [5.74, 6) is 1.30. The van der Waals surface area contributed by atoms with Gasteiger partial charge in [-0.25, -0.2) is 0 Å². The normalized spacial score (nSPS) is 11.8. The molecule has 25 heavy (non-hydrogen) atoms. The van der Waals surface area contributed by atoms with Crippen LogP contribution in [0.25, 0.3) is 11.1 Å². The van der Waals surface area contributed by atoms with Gasteiger partial charge < -0.3 is 14.4 Å². The maximum atomic E-state index is 12.2. The largest absolute Gasteiger partial charge is 0.497 e. The Kier molecular flexibility index (Phi) is 6.07. The third-order valence-electron chi connectivity index (χ3n) is 4.04. The summed E-state index contributed by atoms with van der Waals surface area (Å²) in [5, 5.41) is 0. The van der Waals surface area contributed by atoms with Gasteiger partial charge in [-0.15, -0.1) is 0 Å². The molecule has 2 aromatic rings. The first-order valence-electron chi connectivity index (χ1n) is 8.49. The molecule has 0 radical (unpaired) electrons. The zero-order valence-electron chi connectivity index (χ0n) is 15.9. The highest BCUT2D eigenvalue weighted by atomic mass is 16.5. The molecule has 4 nitrogen and oxygen atoms in total. The molecule has 0 saturated carbocycles. The Hall–Kier alpha value is -2.49. The van der Waals surface area contributed by atoms with E-state index >= 15 is 0 Å². The van der Waals surface area contributed by atoms with Crippen LogP contribution in [0.4, 0.5) is 0 Å². The van der Waals surface area contributed by atoms with E-state index in [1.165, 1.54) is 11.1 Å². The number of nitrogens with zero attached hydrogens (tertiary/aromatic N) is 1. The van der Waals surface area contributed by atoms with Crippen molar-refractivity contribution in [2.45, 2.75) is 33.3 Å². The van der Waals surface area contributed by atoms with Crippen molar-refractivity contribution < 1.29 is 14.3 Å². The Morgan fingerprint density at radius 2 is 1.52 bits per heavy atom. The Labute approximate surface area is 150 Å². The fourth-order valence-corrected chi connectivity index (χ4v) is 2.83. The quantitative estimate of drug-likeness (QED) is 0.789. The Balaban J connectivity index is 2.41. The minimum Gasteiger partial charge on any atom is -0.497 e. The van der Waals surface area contributed by atoms with Crippen LogP contribution in [-0.4, -0.2) is 38.1 Å². The van der Waals surface area contributed by atoms with Gasteiger partial charge in [0.2, 0.25) is 0 Å². The number of carbonyl (C=O) groups is 1. The molecular weight excluding hydrogens is 314 g/mol. The first kappa shape index (κ1) is 18.8. The molecule has 4 heteroatoms. The summed E-state index contributed by atoms with van der Waals surface area (Å²) in [6.45, 7) is 6.10. The highest BCUT2D eigenvalue weighted by molar-refractivity contribution is 5.80. The van der Waals surface area contributed by atoms with E-state index in [2.05, 4.69) is 32.0 Å². The summed E-state index contributed by atoms with van der Waals surface area (Å²) in [7, 11) is 5.11. The monoisotopic (exact) mass is 341 g/mol. The van der Waals surface area contributed by atoms with Crippen molar-refractivity contribution >= 4 is 5.91 Å². The van der Waals surface area contributed by atoms with E-state index in [1.807, 2.05) is 25.1 Å². The number of aryl methyl sites for hydroxylation is 2. The van der Waals surface area contributed by atoms with Gasteiger partial charge in [0.25, 0.3) is 5.91 Å². The summed E-state index contributed by atoms with van der Waals surface area (Å²) in [6, 6.07) is 12.2. The molecule has 0 saturated heterocycles. The molecule has 0 N–H and O–H groups in total. The standard InChI is InChI=1S/C21H27NO3/c1-7-20(21(23)22(4)5)25-19-12-17(11-18(13-19)24-6)16-9-14(2)8-15(3)10-16/h8-13,20H,7H2,1-6H3. The second-order valence-electron chi connectivity index (χ2n) is 6.52. The van der Waals surface area contributed by atoms with Crippen molar-refractivity contribution in [3.05, 3.63) is 47.5 Å². The minimum atomic E-state index is -0.505. The lowest BCUT2D eigenvalue weighted by atomic mass is 10.0. The zero-order chi connectivity index (χ0) is 18.6. The van der Waals surface area contributed by atoms with Crippen LogP contribution in [0.3, 0.4) is 0 Å². The Morgan fingerprint density at radius 3 is 2.04 bits per heavy atom. The highest BCUT2D eigenvalue weighted by Gasteiger charge is 2.20. The summed E-state index contributed by atoms with van der Waals surface area (Å²) >= 11 is 0. The van der Waals surface area contributed by atoms with Crippen LogP contribution < -0.4 is 9.47 Å². The lowest BCUT2D eigenvalue weighted by Gasteiger charge is -2.21. The average Bonchev–Trinajstić information content (AvgIpc) is 2.57. The first-order chi connectivity index (χ1) is 11.8. The van der Waals surface area contributed by atoms with Crippen molar-refractivity contribution in [1.82, 2.24) is 4.90 Å². The molecular formula is C21H27NO3. The van der Waals surface area contributed by atoms with Gasteiger partial charge in [0.1, 0.15) is 11.5 Å². The summed E-state index contributed by atoms with van der Waals surface area (Å²) < 4.78 is 11.4. The van der Waals surface area contributed by atoms with Gasteiger partial charge in [-0.3, -0.25) is 4.79 Å². The summed E-state index contributed by atoms with van der Waals surface area (Å²) in [6.07, 6.45) is 0.0989. The topological polar surface area (TPSA) is 38.8 Å². The predicted molar refractivity (Wildman–Crippen MR) is 101 cm³/mol. The molecule has 2 aromatic carbocycles. The zero-order valence-corrected chi connectivity index (χ0v) is 15.9. The molecule has 0 bridgehead atoms. The van der Waals surface area contributed by atoms with Crippen molar-refractivity contribution in [3.63, 3.8) is 0 Å². The molecule has 134 valence electrons. The lowest BCUT2D eigenvalue weighted by Crippen LogP contribution is -2.37. The van der Waals surface area contributed by atoms with Crippen LogP contribution in [0.2, 0.25) is 0 Å². The third kappa shape index (κ3) is 4.75. The minimum absolute atomic E-state index is 0.0433. The van der Waals surface area contributed by atoms with Crippen molar-refractivity contribution in [3.8, 4) is 22.6 Å². The van der Waals surface area contributed by atoms with Crippen LogP contribution in [0, 0.1) is 13.8 Å². The number of rotatable bonds is 6. The lowest BCUT2D eigenvalue weighted by molar-refractivity contribution is -0.136. The van der Waals surface area contributed by atoms with E-state index in [0.29, 0.717) is 17.9 Å². The molecule has 0 aliphatic heterocycles. The van der Waals surface area contributed by atoms with Crippen molar-refractivity contribution in [1.29, 1.82) is 0 Å². The first-order valence-corrected chi connectivity index (χ1v) is 8.49. The van der Waals surface area contributed by atoms with E-state index in [9.17, 15) is 4.79 Å². The van der Waals surface area contributed by atoms with E-state index in [1.54, 1.807) is 26.1 Å². The number of benzene rings is 2. The molecule has 1 atom stereocenters. The molecule has 0 spiro atoms. The van der Waals surface area contributed by atoms with Gasteiger partial charge in [-0.05, 0) is 43.5 Å². The van der Waals surface area contributed by atoms with Crippen LogP contribution >= 0.6 is 0 Å². The molecule has 0 fully saturated rings. The smallest absolute Gasteiger partial charge is 0.263 e. The number of amides is 1. The number of hydrogen-bond acceptors (Lipinski definition) is 3. The van der Waals surface area contributed by atoms with Crippen LogP contribution in [0.15, 0.2) is 36.4 Å². The van der Waals surface area contributed by atoms with Crippen LogP contribution in [-0.2, 0) is 4.79 Å². The fraction of sp³-hybridized carbons (Fsp3) is 0.381. The van der Waals surface area contributed by atoms with Crippen molar-refractivity contribution in [2.24, 2.45) is 0 Å². The van der Waals surface area contributed by atoms with Crippen molar-refractivity contribution in [2.75, 3.05) is 21.2 Å². The molecule has 0 aliphatic rings. The Morgan fingerprint density at radius 1 is 0.960 bits per heavy atom. The van der Waals surface area contributed by atoms with Gasteiger partial charge >= 0.3 is 0 Å². The van der Waals surface area contributed by atoms with Gasteiger partial charge in [0.05, 0.1) is 7.11 Å². The maximum Gasteiger partial charge on any atom is 0.263 e. The third-order valence-corrected chi connectivity index (χ3v) is 4.04. The number of carbonyl (C=O) groups excluding carboxylic acids is 1. The van der Waals surface area contributed by atoms with E-state index < -0.39 is 6.10 Å². The van der Waals surface area contributed by atoms with Crippen LogP contribution in [0.1, 0.15) is 24.5 Å². The van der Waals surface area contributed by atoms with E-state index in [4.69, 9.17) is 9.47 Å². The highest BCUT2D eigenvalue weighted by Crippen LogP contribution is 2.31. The number of ether oxygens (including phenoxy) is 2. The maximum absolute atomic E-state index is 12.2. The average molecular weight is 341 g/mol. The van der Waals surface area contributed by atoms with Gasteiger partial charge in [0, 0.05) is 20.2 Å². The van der Waals surface area contributed by atoms with Gasteiger partial charge in [0.15, 0.2) is 6.10 Å². The Bertz CT molecular complexity index is 733. The molecule has 1 unspecified atom stereocenters. The molecule has 0 aliphatic carbocycles. The van der Waals surface area contributed by atoms with Gasteiger partial charge in [-0.1, -0.05) is 36.2 Å². The van der Waals surface area contributed by atoms with Crippen LogP contribution in [0.5, 0.6) is 11.5 Å². The fourth-order valence-electron chi connectivity index (χ4n) is 2.83. The van der Waals surface area contributed by atoms with E-state index in [-0.39, 0.29) is 5.91 Å². The number of likely N-dealkylation sites (N-methyl/N-ethyl adjacent to an activating group) is 1. The molecule has 2 rings (SSSR count). The summed E-state index contributed by atoms with van der Waals surface area (Å²) in [5.41, 5.74) is 4.52.